The normalized spacial score (nSPS) is 18.1. The highest BCUT2D eigenvalue weighted by atomic mass is 15.0. The Morgan fingerprint density at radius 1 is 0.778 bits per heavy atom. The van der Waals surface area contributed by atoms with Gasteiger partial charge in [0.25, 0.3) is 0 Å². The zero-order valence-electron chi connectivity index (χ0n) is 16.6. The number of benzene rings is 2. The number of aryl methyl sites for hydroxylation is 1. The van der Waals surface area contributed by atoms with Gasteiger partial charge in [0.05, 0.1) is 11.9 Å². The first-order chi connectivity index (χ1) is 13.4. The number of hydrogen-bond donors (Lipinski definition) is 1. The Labute approximate surface area is 165 Å². The van der Waals surface area contributed by atoms with Crippen molar-refractivity contribution in [3.05, 3.63) is 71.8 Å². The maximum Gasteiger partial charge on any atom is 0.0970 e. The maximum absolute atomic E-state index is 5.20. The van der Waals surface area contributed by atoms with Gasteiger partial charge in [-0.05, 0) is 43.2 Å². The molecule has 0 aromatic heterocycles. The number of aliphatic imine (C=N–C) groups is 1. The summed E-state index contributed by atoms with van der Waals surface area (Å²) in [5.74, 6) is 1.23. The first-order valence-electron chi connectivity index (χ1n) is 10.8. The second-order valence-electron chi connectivity index (χ2n) is 7.68. The lowest BCUT2D eigenvalue weighted by Gasteiger charge is -2.17. The second kappa shape index (κ2) is 11.6. The lowest BCUT2D eigenvalue weighted by Crippen LogP contribution is -2.25. The van der Waals surface area contributed by atoms with E-state index in [9.17, 15) is 0 Å². The van der Waals surface area contributed by atoms with Gasteiger partial charge in [0.15, 0.2) is 0 Å². The van der Waals surface area contributed by atoms with Crippen LogP contribution in [0.2, 0.25) is 0 Å². The summed E-state index contributed by atoms with van der Waals surface area (Å²) < 4.78 is 0. The SMILES string of the molecule is c1ccc(CCCCC(N=C2CCCCCCCN2)c2ccccc2)cc1. The molecule has 2 heteroatoms. The Balaban J connectivity index is 1.60. The van der Waals surface area contributed by atoms with Crippen LogP contribution >= 0.6 is 0 Å². The summed E-state index contributed by atoms with van der Waals surface area (Å²) in [5, 5.41) is 3.63. The van der Waals surface area contributed by atoms with Gasteiger partial charge < -0.3 is 5.32 Å². The molecule has 1 heterocycles. The summed E-state index contributed by atoms with van der Waals surface area (Å²) in [4.78, 5) is 5.20. The highest BCUT2D eigenvalue weighted by Crippen LogP contribution is 2.25. The molecule has 2 aromatic carbocycles. The smallest absolute Gasteiger partial charge is 0.0970 e. The lowest BCUT2D eigenvalue weighted by molar-refractivity contribution is 0.583. The first kappa shape index (κ1) is 19.7. The van der Waals surface area contributed by atoms with E-state index in [0.717, 1.165) is 25.8 Å². The van der Waals surface area contributed by atoms with E-state index in [4.69, 9.17) is 4.99 Å². The Bertz CT molecular complexity index is 651. The Kier molecular flexibility index (Phi) is 8.44. The average Bonchev–Trinajstić information content (AvgIpc) is 2.86. The predicted octanol–water partition coefficient (Wildman–Crippen LogP) is 6.48. The molecule has 1 unspecified atom stereocenters. The van der Waals surface area contributed by atoms with E-state index in [-0.39, 0.29) is 6.04 Å². The Hall–Kier alpha value is -2.09. The number of nitrogens with zero attached hydrogens (tertiary/aromatic N) is 1. The van der Waals surface area contributed by atoms with Crippen LogP contribution in [0.1, 0.15) is 75.0 Å². The van der Waals surface area contributed by atoms with Gasteiger partial charge in [0, 0.05) is 13.0 Å². The molecule has 0 spiro atoms. The fourth-order valence-corrected chi connectivity index (χ4v) is 3.86. The van der Waals surface area contributed by atoms with Crippen molar-refractivity contribution in [3.63, 3.8) is 0 Å². The molecule has 2 aromatic rings. The van der Waals surface area contributed by atoms with Gasteiger partial charge in [0.2, 0.25) is 0 Å². The minimum absolute atomic E-state index is 0.283. The number of rotatable bonds is 7. The molecule has 0 saturated carbocycles. The van der Waals surface area contributed by atoms with E-state index in [2.05, 4.69) is 66.0 Å². The Morgan fingerprint density at radius 3 is 2.30 bits per heavy atom. The third kappa shape index (κ3) is 7.21. The van der Waals surface area contributed by atoms with Crippen LogP contribution in [0.4, 0.5) is 0 Å². The molecule has 1 saturated heterocycles. The van der Waals surface area contributed by atoms with Crippen LogP contribution in [0.15, 0.2) is 65.7 Å². The largest absolute Gasteiger partial charge is 0.374 e. The molecule has 0 aliphatic carbocycles. The molecule has 0 radical (unpaired) electrons. The molecule has 1 fully saturated rings. The summed E-state index contributed by atoms with van der Waals surface area (Å²) in [5.41, 5.74) is 2.80. The molecule has 0 amide bonds. The predicted molar refractivity (Wildman–Crippen MR) is 116 cm³/mol. The zero-order valence-corrected chi connectivity index (χ0v) is 16.6. The van der Waals surface area contributed by atoms with Gasteiger partial charge in [-0.1, -0.05) is 86.3 Å². The number of amidine groups is 1. The number of nitrogens with one attached hydrogen (secondary N) is 1. The summed E-state index contributed by atoms with van der Waals surface area (Å²) in [6.45, 7) is 1.08. The monoisotopic (exact) mass is 362 g/mol. The van der Waals surface area contributed by atoms with Crippen LogP contribution in [0.5, 0.6) is 0 Å². The highest BCUT2D eigenvalue weighted by Gasteiger charge is 2.12. The highest BCUT2D eigenvalue weighted by molar-refractivity contribution is 5.82. The van der Waals surface area contributed by atoms with Crippen molar-refractivity contribution in [1.82, 2.24) is 5.32 Å². The minimum Gasteiger partial charge on any atom is -0.374 e. The van der Waals surface area contributed by atoms with Crippen LogP contribution in [0.25, 0.3) is 0 Å². The molecule has 27 heavy (non-hydrogen) atoms. The molecule has 1 aliphatic rings. The molecular weight excluding hydrogens is 328 g/mol. The molecule has 0 bridgehead atoms. The molecular formula is C25H34N2. The number of unbranched alkanes of at least 4 members (excludes halogenated alkanes) is 1. The van der Waals surface area contributed by atoms with E-state index in [1.165, 1.54) is 61.9 Å². The van der Waals surface area contributed by atoms with E-state index >= 15 is 0 Å². The Morgan fingerprint density at radius 2 is 1.48 bits per heavy atom. The van der Waals surface area contributed by atoms with E-state index in [0.29, 0.717) is 0 Å². The van der Waals surface area contributed by atoms with Crippen molar-refractivity contribution in [2.75, 3.05) is 6.54 Å². The minimum atomic E-state index is 0.283. The molecule has 1 aliphatic heterocycles. The van der Waals surface area contributed by atoms with Crippen LogP contribution in [-0.4, -0.2) is 12.4 Å². The van der Waals surface area contributed by atoms with Crippen molar-refractivity contribution in [1.29, 1.82) is 0 Å². The third-order valence-electron chi connectivity index (χ3n) is 5.45. The first-order valence-corrected chi connectivity index (χ1v) is 10.8. The quantitative estimate of drug-likeness (QED) is 0.560. The van der Waals surface area contributed by atoms with Crippen LogP contribution in [0, 0.1) is 0 Å². The van der Waals surface area contributed by atoms with Crippen LogP contribution < -0.4 is 5.32 Å². The van der Waals surface area contributed by atoms with Gasteiger partial charge in [-0.2, -0.15) is 0 Å². The molecule has 2 nitrogen and oxygen atoms in total. The van der Waals surface area contributed by atoms with Gasteiger partial charge in [-0.25, -0.2) is 0 Å². The average molecular weight is 363 g/mol. The second-order valence-corrected chi connectivity index (χ2v) is 7.68. The van der Waals surface area contributed by atoms with Gasteiger partial charge in [0.1, 0.15) is 0 Å². The van der Waals surface area contributed by atoms with Crippen LogP contribution in [0.3, 0.4) is 0 Å². The molecule has 1 N–H and O–H groups in total. The number of hydrogen-bond acceptors (Lipinski definition) is 1. The standard InChI is InChI=1S/C25H34N2/c1-2-10-20-25(26-21-13-3-1)27-24(23-17-8-5-9-18-23)19-12-11-16-22-14-6-4-7-15-22/h4-9,14-15,17-18,24H,1-3,10-13,16,19-21H2,(H,26,27). The lowest BCUT2D eigenvalue weighted by atomic mass is 9.99. The van der Waals surface area contributed by atoms with E-state index in [1.54, 1.807) is 0 Å². The van der Waals surface area contributed by atoms with Crippen molar-refractivity contribution in [2.45, 2.75) is 70.3 Å². The van der Waals surface area contributed by atoms with Gasteiger partial charge in [-0.3, -0.25) is 4.99 Å². The van der Waals surface area contributed by atoms with E-state index < -0.39 is 0 Å². The van der Waals surface area contributed by atoms with Crippen LogP contribution in [-0.2, 0) is 6.42 Å². The van der Waals surface area contributed by atoms with Gasteiger partial charge in [-0.15, -0.1) is 0 Å². The van der Waals surface area contributed by atoms with Gasteiger partial charge >= 0.3 is 0 Å². The molecule has 3 rings (SSSR count). The van der Waals surface area contributed by atoms with E-state index in [1.807, 2.05) is 0 Å². The topological polar surface area (TPSA) is 24.4 Å². The fourth-order valence-electron chi connectivity index (χ4n) is 3.86. The third-order valence-corrected chi connectivity index (χ3v) is 5.45. The molecule has 144 valence electrons. The fraction of sp³-hybridized carbons (Fsp3) is 0.480. The zero-order chi connectivity index (χ0) is 18.6. The maximum atomic E-state index is 5.20. The molecule has 1 atom stereocenters. The van der Waals surface area contributed by atoms with Crippen molar-refractivity contribution in [2.24, 2.45) is 4.99 Å². The van der Waals surface area contributed by atoms with Crippen molar-refractivity contribution in [3.8, 4) is 0 Å². The summed E-state index contributed by atoms with van der Waals surface area (Å²) in [6.07, 6.45) is 12.4. The van der Waals surface area contributed by atoms with Crippen molar-refractivity contribution < 1.29 is 0 Å². The van der Waals surface area contributed by atoms with Crippen molar-refractivity contribution >= 4 is 5.84 Å². The summed E-state index contributed by atoms with van der Waals surface area (Å²) in [6, 6.07) is 22.0. The summed E-state index contributed by atoms with van der Waals surface area (Å²) in [7, 11) is 0. The summed E-state index contributed by atoms with van der Waals surface area (Å²) >= 11 is 0.